The molecule has 0 spiro atoms. The van der Waals surface area contributed by atoms with Crippen LogP contribution < -0.4 is 4.74 Å². The Morgan fingerprint density at radius 3 is 2.56 bits per heavy atom. The molecule has 0 amide bonds. The molecular weight excluding hydrogens is 372 g/mol. The minimum absolute atomic E-state index is 0.0359. The van der Waals surface area contributed by atoms with E-state index in [9.17, 15) is 13.2 Å². The number of rotatable bonds is 8. The molecule has 0 bridgehead atoms. The number of ether oxygens (including phenoxy) is 2. The van der Waals surface area contributed by atoms with Crippen molar-refractivity contribution in [2.45, 2.75) is 11.7 Å². The summed E-state index contributed by atoms with van der Waals surface area (Å²) in [5.41, 5.74) is 0.744. The van der Waals surface area contributed by atoms with Crippen molar-refractivity contribution in [3.63, 3.8) is 0 Å². The van der Waals surface area contributed by atoms with Gasteiger partial charge in [0.25, 0.3) is 10.0 Å². The van der Waals surface area contributed by atoms with Crippen LogP contribution >= 0.6 is 0 Å². The van der Waals surface area contributed by atoms with Crippen LogP contribution in [0.15, 0.2) is 52.0 Å². The SMILES string of the molecule is CN(C)S(=O)(=O)c1ccc(COC(=O)/C=C/c2ccc(OCC#N)cc2)o1. The number of benzene rings is 1. The van der Waals surface area contributed by atoms with Gasteiger partial charge in [-0.3, -0.25) is 0 Å². The Kier molecular flexibility index (Phi) is 6.76. The van der Waals surface area contributed by atoms with Gasteiger partial charge in [0.05, 0.1) is 0 Å². The summed E-state index contributed by atoms with van der Waals surface area (Å²) < 4.78 is 40.2. The van der Waals surface area contributed by atoms with Crippen molar-refractivity contribution < 1.29 is 27.1 Å². The van der Waals surface area contributed by atoms with Crippen molar-refractivity contribution in [3.05, 3.63) is 53.8 Å². The van der Waals surface area contributed by atoms with Crippen molar-refractivity contribution in [1.82, 2.24) is 4.31 Å². The number of carbonyl (C=O) groups excluding carboxylic acids is 1. The van der Waals surface area contributed by atoms with Crippen LogP contribution in [-0.4, -0.2) is 39.4 Å². The number of hydrogen-bond acceptors (Lipinski definition) is 7. The molecule has 142 valence electrons. The summed E-state index contributed by atoms with van der Waals surface area (Å²) in [6.07, 6.45) is 2.80. The summed E-state index contributed by atoms with van der Waals surface area (Å²) >= 11 is 0. The van der Waals surface area contributed by atoms with E-state index in [1.165, 1.54) is 32.3 Å². The molecule has 1 aromatic carbocycles. The van der Waals surface area contributed by atoms with E-state index in [0.717, 1.165) is 9.87 Å². The third-order valence-corrected chi connectivity index (χ3v) is 5.01. The number of esters is 1. The normalized spacial score (nSPS) is 11.5. The summed E-state index contributed by atoms with van der Waals surface area (Å²) in [7, 11) is -0.879. The second-order valence-electron chi connectivity index (χ2n) is 5.47. The highest BCUT2D eigenvalue weighted by molar-refractivity contribution is 7.88. The van der Waals surface area contributed by atoms with E-state index in [1.54, 1.807) is 30.3 Å². The molecule has 0 fully saturated rings. The van der Waals surface area contributed by atoms with Gasteiger partial charge in [-0.15, -0.1) is 0 Å². The molecule has 1 aromatic heterocycles. The van der Waals surface area contributed by atoms with Crippen molar-refractivity contribution in [1.29, 1.82) is 5.26 Å². The molecule has 0 aliphatic carbocycles. The molecule has 0 saturated heterocycles. The number of sulfonamides is 1. The van der Waals surface area contributed by atoms with E-state index < -0.39 is 16.0 Å². The highest BCUT2D eigenvalue weighted by atomic mass is 32.2. The smallest absolute Gasteiger partial charge is 0.331 e. The minimum Gasteiger partial charge on any atom is -0.479 e. The van der Waals surface area contributed by atoms with Crippen LogP contribution in [0.25, 0.3) is 6.08 Å². The monoisotopic (exact) mass is 390 g/mol. The zero-order valence-electron chi connectivity index (χ0n) is 14.8. The maximum atomic E-state index is 11.9. The predicted octanol–water partition coefficient (Wildman–Crippen LogP) is 2.19. The number of nitriles is 1. The Morgan fingerprint density at radius 1 is 1.22 bits per heavy atom. The zero-order chi connectivity index (χ0) is 19.9. The lowest BCUT2D eigenvalue weighted by Gasteiger charge is -2.07. The number of hydrogen-bond donors (Lipinski definition) is 0. The number of carbonyl (C=O) groups is 1. The molecule has 9 heteroatoms. The Hall–Kier alpha value is -3.09. The van der Waals surface area contributed by atoms with Gasteiger partial charge in [0.1, 0.15) is 24.2 Å². The van der Waals surface area contributed by atoms with Gasteiger partial charge in [-0.25, -0.2) is 17.5 Å². The van der Waals surface area contributed by atoms with E-state index in [2.05, 4.69) is 0 Å². The number of nitrogens with zero attached hydrogens (tertiary/aromatic N) is 2. The molecule has 27 heavy (non-hydrogen) atoms. The Morgan fingerprint density at radius 2 is 1.93 bits per heavy atom. The first-order chi connectivity index (χ1) is 12.8. The summed E-state index contributed by atoms with van der Waals surface area (Å²) in [6.45, 7) is -0.223. The lowest BCUT2D eigenvalue weighted by atomic mass is 10.2. The molecule has 2 rings (SSSR count). The van der Waals surface area contributed by atoms with Crippen LogP contribution in [0.4, 0.5) is 0 Å². The maximum Gasteiger partial charge on any atom is 0.331 e. The van der Waals surface area contributed by atoms with E-state index >= 15 is 0 Å². The van der Waals surface area contributed by atoms with E-state index in [4.69, 9.17) is 19.2 Å². The standard InChI is InChI=1S/C18H18N2O6S/c1-20(2)27(22,23)18-10-8-16(26-18)13-25-17(21)9-5-14-3-6-15(7-4-14)24-12-11-19/h3-10H,12-13H2,1-2H3/b9-5+. The van der Waals surface area contributed by atoms with Crippen LogP contribution in [0.1, 0.15) is 11.3 Å². The molecule has 2 aromatic rings. The predicted molar refractivity (Wildman–Crippen MR) is 96.0 cm³/mol. The van der Waals surface area contributed by atoms with Gasteiger partial charge in [-0.05, 0) is 35.9 Å². The van der Waals surface area contributed by atoms with Crippen LogP contribution in [0.2, 0.25) is 0 Å². The Balaban J connectivity index is 1.88. The van der Waals surface area contributed by atoms with Crippen LogP contribution in [0.3, 0.4) is 0 Å². The third-order valence-electron chi connectivity index (χ3n) is 3.32. The first-order valence-electron chi connectivity index (χ1n) is 7.79. The molecular formula is C18H18N2O6S. The van der Waals surface area contributed by atoms with Gasteiger partial charge < -0.3 is 13.9 Å². The first-order valence-corrected chi connectivity index (χ1v) is 9.23. The minimum atomic E-state index is -3.67. The summed E-state index contributed by atoms with van der Waals surface area (Å²) in [5.74, 6) is 0.168. The van der Waals surface area contributed by atoms with Crippen molar-refractivity contribution >= 4 is 22.1 Å². The maximum absolute atomic E-state index is 11.9. The summed E-state index contributed by atoms with van der Waals surface area (Å²) in [5, 5.41) is 8.23. The van der Waals surface area contributed by atoms with Gasteiger partial charge in [0.15, 0.2) is 6.61 Å². The highest BCUT2D eigenvalue weighted by Crippen LogP contribution is 2.17. The quantitative estimate of drug-likeness (QED) is 0.502. The average Bonchev–Trinajstić information content (AvgIpc) is 3.13. The second-order valence-corrected chi connectivity index (χ2v) is 7.55. The van der Waals surface area contributed by atoms with Crippen molar-refractivity contribution in [2.24, 2.45) is 0 Å². The lowest BCUT2D eigenvalue weighted by Crippen LogP contribution is -2.21. The second kappa shape index (κ2) is 9.02. The Bertz CT molecular complexity index is 952. The van der Waals surface area contributed by atoms with Crippen LogP contribution in [0.5, 0.6) is 5.75 Å². The molecule has 0 aliphatic rings. The molecule has 1 heterocycles. The van der Waals surface area contributed by atoms with Gasteiger partial charge in [-0.2, -0.15) is 5.26 Å². The van der Waals surface area contributed by atoms with E-state index in [0.29, 0.717) is 5.75 Å². The average molecular weight is 390 g/mol. The van der Waals surface area contributed by atoms with Crippen LogP contribution in [-0.2, 0) is 26.2 Å². The van der Waals surface area contributed by atoms with Crippen LogP contribution in [0, 0.1) is 11.3 Å². The fourth-order valence-corrected chi connectivity index (χ4v) is 2.71. The van der Waals surface area contributed by atoms with E-state index in [1.807, 2.05) is 6.07 Å². The molecule has 0 atom stereocenters. The number of furan rings is 1. The molecule has 0 N–H and O–H groups in total. The molecule has 0 unspecified atom stereocenters. The third kappa shape index (κ3) is 5.70. The summed E-state index contributed by atoms with van der Waals surface area (Å²) in [4.78, 5) is 11.8. The fourth-order valence-electron chi connectivity index (χ4n) is 1.90. The van der Waals surface area contributed by atoms with Crippen molar-refractivity contribution in [2.75, 3.05) is 20.7 Å². The topological polar surface area (TPSA) is 110 Å². The molecule has 0 saturated carbocycles. The fraction of sp³-hybridized carbons (Fsp3) is 0.222. The zero-order valence-corrected chi connectivity index (χ0v) is 15.6. The molecule has 0 aliphatic heterocycles. The van der Waals surface area contributed by atoms with Gasteiger partial charge in [0, 0.05) is 20.2 Å². The highest BCUT2D eigenvalue weighted by Gasteiger charge is 2.21. The largest absolute Gasteiger partial charge is 0.479 e. The van der Waals surface area contributed by atoms with E-state index in [-0.39, 0.29) is 24.1 Å². The van der Waals surface area contributed by atoms with Gasteiger partial charge in [-0.1, -0.05) is 12.1 Å². The lowest BCUT2D eigenvalue weighted by molar-refractivity contribution is -0.139. The van der Waals surface area contributed by atoms with Gasteiger partial charge in [0.2, 0.25) is 5.09 Å². The molecule has 8 nitrogen and oxygen atoms in total. The van der Waals surface area contributed by atoms with Gasteiger partial charge >= 0.3 is 5.97 Å². The first kappa shape index (κ1) is 20.2. The molecule has 0 radical (unpaired) electrons. The summed E-state index contributed by atoms with van der Waals surface area (Å²) in [6, 6.07) is 11.4. The van der Waals surface area contributed by atoms with Crippen molar-refractivity contribution in [3.8, 4) is 11.8 Å². The Labute approximate surface area is 157 Å².